The molecule has 0 saturated heterocycles. The van der Waals surface area contributed by atoms with E-state index in [1.54, 1.807) is 0 Å². The van der Waals surface area contributed by atoms with Crippen molar-refractivity contribution in [3.8, 4) is 0 Å². The van der Waals surface area contributed by atoms with Crippen LogP contribution in [0.4, 0.5) is 0 Å². The van der Waals surface area contributed by atoms with E-state index in [-0.39, 0.29) is 5.41 Å². The molecule has 1 unspecified atom stereocenters. The molecule has 0 aliphatic rings. The number of para-hydroxylation sites is 1. The lowest BCUT2D eigenvalue weighted by Crippen LogP contribution is -2.43. The third-order valence-corrected chi connectivity index (χ3v) is 4.54. The second kappa shape index (κ2) is 5.96. The summed E-state index contributed by atoms with van der Waals surface area (Å²) in [5.41, 5.74) is 2.69. The van der Waals surface area contributed by atoms with E-state index >= 15 is 0 Å². The number of fused-ring (bicyclic) bond motifs is 1. The Kier molecular flexibility index (Phi) is 4.48. The molecule has 0 aliphatic heterocycles. The molecule has 3 heteroatoms. The molecule has 3 nitrogen and oxygen atoms in total. The maximum atomic E-state index is 4.74. The maximum Gasteiger partial charge on any atom is 0.0718 e. The normalized spacial score (nSPS) is 13.8. The Hall–Kier alpha value is -1.35. The number of nitrogens with zero attached hydrogens (tertiary/aromatic N) is 2. The van der Waals surface area contributed by atoms with E-state index in [1.807, 2.05) is 11.7 Å². The standard InChI is InChI=1S/C17H27N3/c1-6-17(3,4)16(18-7-2)12-14-13-10-8-9-11-15(13)20(5)19-14/h8-11,16,18H,6-7,12H2,1-5H3. The maximum absolute atomic E-state index is 4.74. The van der Waals surface area contributed by atoms with Gasteiger partial charge in [-0.05, 0) is 24.4 Å². The number of likely N-dealkylation sites (N-methyl/N-ethyl adjacent to an activating group) is 1. The van der Waals surface area contributed by atoms with Crippen LogP contribution in [-0.2, 0) is 13.5 Å². The highest BCUT2D eigenvalue weighted by atomic mass is 15.3. The number of rotatable bonds is 6. The van der Waals surface area contributed by atoms with Gasteiger partial charge in [0, 0.05) is 24.9 Å². The largest absolute Gasteiger partial charge is 0.313 e. The number of aromatic nitrogens is 2. The van der Waals surface area contributed by atoms with Crippen molar-refractivity contribution in [3.63, 3.8) is 0 Å². The SMILES string of the molecule is CCNC(Cc1nn(C)c2ccccc12)C(C)(C)CC. The van der Waals surface area contributed by atoms with E-state index in [1.165, 1.54) is 16.6 Å². The van der Waals surface area contributed by atoms with Gasteiger partial charge in [0.15, 0.2) is 0 Å². The van der Waals surface area contributed by atoms with Crippen molar-refractivity contribution in [2.24, 2.45) is 12.5 Å². The van der Waals surface area contributed by atoms with E-state index in [9.17, 15) is 0 Å². The number of nitrogens with one attached hydrogen (secondary N) is 1. The van der Waals surface area contributed by atoms with E-state index in [2.05, 4.69) is 57.3 Å². The van der Waals surface area contributed by atoms with Gasteiger partial charge in [-0.15, -0.1) is 0 Å². The molecule has 0 aliphatic carbocycles. The number of benzene rings is 1. The zero-order chi connectivity index (χ0) is 14.8. The van der Waals surface area contributed by atoms with Crippen molar-refractivity contribution in [3.05, 3.63) is 30.0 Å². The highest BCUT2D eigenvalue weighted by molar-refractivity contribution is 5.81. The van der Waals surface area contributed by atoms with Crippen LogP contribution in [0.5, 0.6) is 0 Å². The van der Waals surface area contributed by atoms with Crippen LogP contribution in [0, 0.1) is 5.41 Å². The van der Waals surface area contributed by atoms with Crippen LogP contribution in [0.15, 0.2) is 24.3 Å². The number of hydrogen-bond acceptors (Lipinski definition) is 2. The van der Waals surface area contributed by atoms with Gasteiger partial charge in [-0.1, -0.05) is 45.9 Å². The first-order chi connectivity index (χ1) is 9.49. The summed E-state index contributed by atoms with van der Waals surface area (Å²) in [6, 6.07) is 8.95. The Morgan fingerprint density at radius 2 is 1.95 bits per heavy atom. The lowest BCUT2D eigenvalue weighted by Gasteiger charge is -2.34. The molecule has 0 saturated carbocycles. The summed E-state index contributed by atoms with van der Waals surface area (Å²) >= 11 is 0. The fourth-order valence-electron chi connectivity index (χ4n) is 2.75. The Morgan fingerprint density at radius 1 is 1.25 bits per heavy atom. The van der Waals surface area contributed by atoms with Crippen molar-refractivity contribution in [1.82, 2.24) is 15.1 Å². The summed E-state index contributed by atoms with van der Waals surface area (Å²) in [5.74, 6) is 0. The van der Waals surface area contributed by atoms with Crippen molar-refractivity contribution in [1.29, 1.82) is 0 Å². The van der Waals surface area contributed by atoms with Crippen LogP contribution in [0.2, 0.25) is 0 Å². The summed E-state index contributed by atoms with van der Waals surface area (Å²) in [6.45, 7) is 10.1. The zero-order valence-electron chi connectivity index (χ0n) is 13.4. The topological polar surface area (TPSA) is 29.9 Å². The van der Waals surface area contributed by atoms with Crippen molar-refractivity contribution in [2.75, 3.05) is 6.54 Å². The van der Waals surface area contributed by atoms with Gasteiger partial charge in [-0.25, -0.2) is 0 Å². The summed E-state index contributed by atoms with van der Waals surface area (Å²) in [6.07, 6.45) is 2.14. The summed E-state index contributed by atoms with van der Waals surface area (Å²) in [5, 5.41) is 9.67. The van der Waals surface area contributed by atoms with Gasteiger partial charge in [0.2, 0.25) is 0 Å². The first-order valence-corrected chi connectivity index (χ1v) is 7.63. The molecule has 1 heterocycles. The van der Waals surface area contributed by atoms with Crippen LogP contribution >= 0.6 is 0 Å². The molecule has 0 amide bonds. The molecule has 0 bridgehead atoms. The van der Waals surface area contributed by atoms with E-state index in [0.29, 0.717) is 6.04 Å². The fourth-order valence-corrected chi connectivity index (χ4v) is 2.75. The average molecular weight is 273 g/mol. The van der Waals surface area contributed by atoms with Crippen LogP contribution in [0.25, 0.3) is 10.9 Å². The molecule has 0 spiro atoms. The summed E-state index contributed by atoms with van der Waals surface area (Å²) in [4.78, 5) is 0. The van der Waals surface area contributed by atoms with Crippen molar-refractivity contribution < 1.29 is 0 Å². The molecule has 20 heavy (non-hydrogen) atoms. The molecule has 0 fully saturated rings. The molecular weight excluding hydrogens is 246 g/mol. The van der Waals surface area contributed by atoms with Gasteiger partial charge in [-0.3, -0.25) is 4.68 Å². The lowest BCUT2D eigenvalue weighted by molar-refractivity contribution is 0.231. The zero-order valence-corrected chi connectivity index (χ0v) is 13.4. The van der Waals surface area contributed by atoms with Gasteiger partial charge in [0.25, 0.3) is 0 Å². The van der Waals surface area contributed by atoms with E-state index in [4.69, 9.17) is 5.10 Å². The first kappa shape index (κ1) is 15.0. The summed E-state index contributed by atoms with van der Waals surface area (Å²) in [7, 11) is 2.03. The molecule has 1 atom stereocenters. The Labute approximate surface area is 122 Å². The molecule has 1 aromatic heterocycles. The van der Waals surface area contributed by atoms with Gasteiger partial charge < -0.3 is 5.32 Å². The fraction of sp³-hybridized carbons (Fsp3) is 0.588. The minimum Gasteiger partial charge on any atom is -0.313 e. The summed E-state index contributed by atoms with van der Waals surface area (Å²) < 4.78 is 1.99. The highest BCUT2D eigenvalue weighted by Gasteiger charge is 2.28. The number of aryl methyl sites for hydroxylation is 1. The predicted octanol–water partition coefficient (Wildman–Crippen LogP) is 3.53. The minimum absolute atomic E-state index is 0.272. The van der Waals surface area contributed by atoms with Crippen molar-refractivity contribution in [2.45, 2.75) is 46.6 Å². The molecular formula is C17H27N3. The molecule has 2 aromatic rings. The Morgan fingerprint density at radius 3 is 2.60 bits per heavy atom. The van der Waals surface area contributed by atoms with Crippen LogP contribution in [-0.4, -0.2) is 22.4 Å². The first-order valence-electron chi connectivity index (χ1n) is 7.63. The van der Waals surface area contributed by atoms with Gasteiger partial charge in [0.1, 0.15) is 0 Å². The average Bonchev–Trinajstić information content (AvgIpc) is 2.76. The lowest BCUT2D eigenvalue weighted by atomic mass is 9.79. The Bertz CT molecular complexity index is 569. The van der Waals surface area contributed by atoms with Crippen LogP contribution in [0.3, 0.4) is 0 Å². The third-order valence-electron chi connectivity index (χ3n) is 4.54. The highest BCUT2D eigenvalue weighted by Crippen LogP contribution is 2.29. The third kappa shape index (κ3) is 2.88. The van der Waals surface area contributed by atoms with Gasteiger partial charge >= 0.3 is 0 Å². The van der Waals surface area contributed by atoms with Crippen LogP contribution < -0.4 is 5.32 Å². The van der Waals surface area contributed by atoms with Crippen LogP contribution in [0.1, 0.15) is 39.8 Å². The quantitative estimate of drug-likeness (QED) is 0.872. The smallest absolute Gasteiger partial charge is 0.0718 e. The van der Waals surface area contributed by atoms with Gasteiger partial charge in [0.05, 0.1) is 11.2 Å². The molecule has 1 N–H and O–H groups in total. The van der Waals surface area contributed by atoms with Crippen molar-refractivity contribution >= 4 is 10.9 Å². The van der Waals surface area contributed by atoms with E-state index in [0.717, 1.165) is 19.4 Å². The van der Waals surface area contributed by atoms with Gasteiger partial charge in [-0.2, -0.15) is 5.10 Å². The molecule has 1 aromatic carbocycles. The Balaban J connectivity index is 2.34. The second-order valence-electron chi connectivity index (χ2n) is 6.24. The molecule has 110 valence electrons. The van der Waals surface area contributed by atoms with E-state index < -0.39 is 0 Å². The molecule has 2 rings (SSSR count). The minimum atomic E-state index is 0.272. The monoisotopic (exact) mass is 273 g/mol. The molecule has 0 radical (unpaired) electrons. The predicted molar refractivity (Wildman–Crippen MR) is 86.0 cm³/mol. The number of hydrogen-bond donors (Lipinski definition) is 1. The second-order valence-corrected chi connectivity index (χ2v) is 6.24.